The van der Waals surface area contributed by atoms with E-state index < -0.39 is 21.4 Å². The number of hydrogen-bond donors (Lipinski definition) is 0. The molecule has 2 aliphatic heterocycles. The maximum atomic E-state index is 13.2. The number of anilines is 1. The largest absolute Gasteiger partial charge is 0.534 e. The van der Waals surface area contributed by atoms with Crippen molar-refractivity contribution >= 4 is 26.8 Å². The highest BCUT2D eigenvalue weighted by Gasteiger charge is 2.49. The SMILES string of the molecule is C[C@@H]1COCCN1c1cc(OS(=O)(=O)C(F)(F)F)c2ccnc(-c3ccnn3C3CCCCO3)c2n1. The summed E-state index contributed by atoms with van der Waals surface area (Å²) in [5.41, 5.74) is -4.56. The van der Waals surface area contributed by atoms with Crippen molar-refractivity contribution in [2.75, 3.05) is 31.3 Å². The molecule has 2 fully saturated rings. The van der Waals surface area contributed by atoms with Crippen LogP contribution >= 0.6 is 0 Å². The first-order chi connectivity index (χ1) is 17.2. The van der Waals surface area contributed by atoms with E-state index in [9.17, 15) is 21.6 Å². The summed E-state index contributed by atoms with van der Waals surface area (Å²) in [6.45, 7) is 3.62. The van der Waals surface area contributed by atoms with Crippen molar-refractivity contribution in [3.63, 3.8) is 0 Å². The Hall–Kier alpha value is -2.97. The van der Waals surface area contributed by atoms with Gasteiger partial charge in [0.25, 0.3) is 0 Å². The molecule has 14 heteroatoms. The number of ether oxygens (including phenoxy) is 2. The lowest BCUT2D eigenvalue weighted by molar-refractivity contribution is -0.0499. The van der Waals surface area contributed by atoms with Crippen LogP contribution in [-0.2, 0) is 19.6 Å². The normalized spacial score (nSPS) is 21.6. The molecule has 1 unspecified atom stereocenters. The Morgan fingerprint density at radius 3 is 2.72 bits per heavy atom. The summed E-state index contributed by atoms with van der Waals surface area (Å²) in [7, 11) is -5.92. The molecule has 0 N–H and O–H groups in total. The summed E-state index contributed by atoms with van der Waals surface area (Å²) in [6, 6.07) is 4.13. The summed E-state index contributed by atoms with van der Waals surface area (Å²) in [5.74, 6) is -0.241. The fourth-order valence-corrected chi connectivity index (χ4v) is 4.86. The molecule has 3 aromatic rings. The highest BCUT2D eigenvalue weighted by atomic mass is 32.2. The van der Waals surface area contributed by atoms with Gasteiger partial charge < -0.3 is 18.6 Å². The molecular weight excluding hydrogens is 503 g/mol. The maximum absolute atomic E-state index is 13.2. The van der Waals surface area contributed by atoms with E-state index in [4.69, 9.17) is 14.5 Å². The molecule has 0 bridgehead atoms. The quantitative estimate of drug-likeness (QED) is 0.363. The second-order valence-corrected chi connectivity index (χ2v) is 10.2. The van der Waals surface area contributed by atoms with Gasteiger partial charge in [-0.1, -0.05) is 0 Å². The van der Waals surface area contributed by atoms with Crippen LogP contribution < -0.4 is 9.08 Å². The second-order valence-electron chi connectivity index (χ2n) is 8.62. The number of rotatable bonds is 5. The van der Waals surface area contributed by atoms with E-state index in [-0.39, 0.29) is 29.0 Å². The van der Waals surface area contributed by atoms with Gasteiger partial charge in [0.15, 0.2) is 12.0 Å². The first-order valence-electron chi connectivity index (χ1n) is 11.5. The minimum atomic E-state index is -5.92. The maximum Gasteiger partial charge on any atom is 0.534 e. The lowest BCUT2D eigenvalue weighted by atomic mass is 10.1. The zero-order valence-electron chi connectivity index (χ0n) is 19.3. The minimum Gasteiger partial charge on any atom is -0.377 e. The predicted molar refractivity (Wildman–Crippen MR) is 123 cm³/mol. The van der Waals surface area contributed by atoms with Crippen molar-refractivity contribution < 1.29 is 35.2 Å². The molecule has 10 nitrogen and oxygen atoms in total. The second kappa shape index (κ2) is 9.48. The summed E-state index contributed by atoms with van der Waals surface area (Å²) in [4.78, 5) is 11.0. The predicted octanol–water partition coefficient (Wildman–Crippen LogP) is 3.65. The average Bonchev–Trinajstić information content (AvgIpc) is 3.33. The van der Waals surface area contributed by atoms with Gasteiger partial charge in [-0.3, -0.25) is 4.98 Å². The molecule has 3 aromatic heterocycles. The Morgan fingerprint density at radius 1 is 1.17 bits per heavy atom. The van der Waals surface area contributed by atoms with Crippen molar-refractivity contribution in [2.45, 2.75) is 44.0 Å². The van der Waals surface area contributed by atoms with Crippen molar-refractivity contribution in [1.29, 1.82) is 0 Å². The monoisotopic (exact) mass is 527 g/mol. The van der Waals surface area contributed by atoms with Gasteiger partial charge in [0, 0.05) is 37.0 Å². The van der Waals surface area contributed by atoms with E-state index in [0.29, 0.717) is 37.8 Å². The van der Waals surface area contributed by atoms with Crippen LogP contribution in [0.15, 0.2) is 30.6 Å². The number of hydrogen-bond acceptors (Lipinski definition) is 9. The van der Waals surface area contributed by atoms with Crippen LogP contribution in [0.3, 0.4) is 0 Å². The van der Waals surface area contributed by atoms with Gasteiger partial charge in [-0.2, -0.15) is 26.7 Å². The zero-order valence-corrected chi connectivity index (χ0v) is 20.1. The lowest BCUT2D eigenvalue weighted by Crippen LogP contribution is -2.44. The van der Waals surface area contributed by atoms with E-state index in [1.807, 2.05) is 11.8 Å². The molecule has 2 aliphatic rings. The Morgan fingerprint density at radius 2 is 2.00 bits per heavy atom. The number of morpholine rings is 1. The lowest BCUT2D eigenvalue weighted by Gasteiger charge is -2.34. The van der Waals surface area contributed by atoms with E-state index >= 15 is 0 Å². The number of pyridine rings is 2. The number of aromatic nitrogens is 4. The third kappa shape index (κ3) is 4.60. The Kier molecular flexibility index (Phi) is 6.51. The summed E-state index contributed by atoms with van der Waals surface area (Å²) < 4.78 is 81.1. The highest BCUT2D eigenvalue weighted by molar-refractivity contribution is 7.88. The Labute approximate surface area is 205 Å². The van der Waals surface area contributed by atoms with Gasteiger partial charge in [-0.25, -0.2) is 9.67 Å². The molecule has 2 saturated heterocycles. The fraction of sp³-hybridized carbons (Fsp3) is 0.500. The highest BCUT2D eigenvalue weighted by Crippen LogP contribution is 2.38. The average molecular weight is 528 g/mol. The summed E-state index contributed by atoms with van der Waals surface area (Å²) in [6.07, 6.45) is 5.25. The standard InChI is InChI=1S/C22H24F3N5O5S/c1-14-13-33-11-9-29(14)18-12-17(35-36(31,32)22(23,24)25)15-5-7-26-21(20(15)28-18)16-6-8-27-30(16)19-4-2-3-10-34-19/h5-8,12,14,19H,2-4,9-11,13H2,1H3/t14-,19?/m1/s1. The first kappa shape index (κ1) is 24.7. The van der Waals surface area contributed by atoms with Crippen molar-refractivity contribution in [3.05, 3.63) is 30.6 Å². The van der Waals surface area contributed by atoms with Gasteiger partial charge in [-0.15, -0.1) is 0 Å². The number of fused-ring (bicyclic) bond motifs is 1. The third-order valence-electron chi connectivity index (χ3n) is 6.16. The Balaban J connectivity index is 1.69. The molecule has 2 atom stereocenters. The van der Waals surface area contributed by atoms with Crippen LogP contribution in [0.5, 0.6) is 5.75 Å². The third-order valence-corrected chi connectivity index (χ3v) is 7.13. The van der Waals surface area contributed by atoms with Crippen LogP contribution in [0.25, 0.3) is 22.3 Å². The van der Waals surface area contributed by atoms with Gasteiger partial charge in [-0.05, 0) is 38.3 Å². The van der Waals surface area contributed by atoms with Crippen LogP contribution in [-0.4, -0.2) is 66.1 Å². The first-order valence-corrected chi connectivity index (χ1v) is 12.9. The van der Waals surface area contributed by atoms with Crippen LogP contribution in [0.4, 0.5) is 19.0 Å². The van der Waals surface area contributed by atoms with Gasteiger partial charge >= 0.3 is 15.6 Å². The minimum absolute atomic E-state index is 0.0646. The van der Waals surface area contributed by atoms with Crippen LogP contribution in [0, 0.1) is 0 Å². The van der Waals surface area contributed by atoms with Gasteiger partial charge in [0.2, 0.25) is 0 Å². The molecular formula is C22H24F3N5O5S. The van der Waals surface area contributed by atoms with E-state index in [1.165, 1.54) is 18.3 Å². The molecule has 0 aliphatic carbocycles. The van der Waals surface area contributed by atoms with E-state index in [0.717, 1.165) is 19.3 Å². The zero-order chi connectivity index (χ0) is 25.5. The number of alkyl halides is 3. The molecule has 5 heterocycles. The van der Waals surface area contributed by atoms with E-state index in [2.05, 4.69) is 14.3 Å². The molecule has 0 amide bonds. The molecule has 36 heavy (non-hydrogen) atoms. The van der Waals surface area contributed by atoms with Gasteiger partial charge in [0.05, 0.1) is 24.9 Å². The molecule has 0 saturated carbocycles. The molecule has 0 spiro atoms. The number of nitrogens with zero attached hydrogens (tertiary/aromatic N) is 5. The van der Waals surface area contributed by atoms with Gasteiger partial charge in [0.1, 0.15) is 17.0 Å². The van der Waals surface area contributed by atoms with Crippen LogP contribution in [0.2, 0.25) is 0 Å². The molecule has 0 radical (unpaired) electrons. The van der Waals surface area contributed by atoms with E-state index in [1.54, 1.807) is 16.9 Å². The number of halogens is 3. The van der Waals surface area contributed by atoms with Crippen LogP contribution in [0.1, 0.15) is 32.4 Å². The summed E-state index contributed by atoms with van der Waals surface area (Å²) >= 11 is 0. The molecule has 5 rings (SSSR count). The molecule has 0 aromatic carbocycles. The smallest absolute Gasteiger partial charge is 0.377 e. The topological polar surface area (TPSA) is 109 Å². The molecule has 194 valence electrons. The van der Waals surface area contributed by atoms with Crippen molar-refractivity contribution in [2.24, 2.45) is 0 Å². The fourth-order valence-electron chi connectivity index (χ4n) is 4.39. The van der Waals surface area contributed by atoms with Crippen molar-refractivity contribution in [1.82, 2.24) is 19.7 Å². The Bertz CT molecular complexity index is 1360. The van der Waals surface area contributed by atoms with Crippen molar-refractivity contribution in [3.8, 4) is 17.1 Å². The summed E-state index contributed by atoms with van der Waals surface area (Å²) in [5, 5.41) is 4.45.